The minimum absolute atomic E-state index is 0.0691. The number of fused-ring (bicyclic) bond motifs is 1. The standard InChI is InChI=1S/C19H21ClN2O3S/c1-10(2)9-25-18(24)15-11(3)21-19-22(17(23)12(4)26-19)16(15)13-6-5-7-14(20)8-13/h5-8,10,12,16H,9H2,1-4H3/t12-,16+/m1/s1. The van der Waals surface area contributed by atoms with Gasteiger partial charge in [0.25, 0.3) is 0 Å². The summed E-state index contributed by atoms with van der Waals surface area (Å²) in [4.78, 5) is 31.7. The van der Waals surface area contributed by atoms with Crippen molar-refractivity contribution in [2.24, 2.45) is 10.9 Å². The lowest BCUT2D eigenvalue weighted by atomic mass is 9.94. The lowest BCUT2D eigenvalue weighted by molar-refractivity contribution is -0.141. The topological polar surface area (TPSA) is 59.0 Å². The van der Waals surface area contributed by atoms with Gasteiger partial charge in [0.05, 0.1) is 29.2 Å². The highest BCUT2D eigenvalue weighted by molar-refractivity contribution is 8.15. The second-order valence-electron chi connectivity index (χ2n) is 6.81. The highest BCUT2D eigenvalue weighted by atomic mass is 35.5. The van der Waals surface area contributed by atoms with Crippen LogP contribution in [0.5, 0.6) is 0 Å². The Labute approximate surface area is 162 Å². The zero-order valence-corrected chi connectivity index (χ0v) is 16.7. The smallest absolute Gasteiger partial charge is 0.338 e. The number of thioether (sulfide) groups is 1. The van der Waals surface area contributed by atoms with E-state index < -0.39 is 12.0 Å². The van der Waals surface area contributed by atoms with E-state index in [1.54, 1.807) is 24.0 Å². The molecule has 0 saturated carbocycles. The van der Waals surface area contributed by atoms with Gasteiger partial charge in [0, 0.05) is 5.02 Å². The van der Waals surface area contributed by atoms with Gasteiger partial charge in [-0.25, -0.2) is 9.79 Å². The third-order valence-electron chi connectivity index (χ3n) is 4.19. The molecule has 2 heterocycles. The van der Waals surface area contributed by atoms with Gasteiger partial charge in [-0.2, -0.15) is 0 Å². The zero-order chi connectivity index (χ0) is 19.0. The van der Waals surface area contributed by atoms with Gasteiger partial charge in [0.2, 0.25) is 5.91 Å². The largest absolute Gasteiger partial charge is 0.462 e. The van der Waals surface area contributed by atoms with Crippen LogP contribution in [-0.4, -0.2) is 33.8 Å². The fourth-order valence-corrected chi connectivity index (χ4v) is 4.20. The van der Waals surface area contributed by atoms with Gasteiger partial charge in [0.15, 0.2) is 5.17 Å². The summed E-state index contributed by atoms with van der Waals surface area (Å²) in [6.07, 6.45) is 0. The maximum absolute atomic E-state index is 12.8. The number of esters is 1. The lowest BCUT2D eigenvalue weighted by Crippen LogP contribution is -2.40. The molecule has 0 bridgehead atoms. The van der Waals surface area contributed by atoms with Crippen LogP contribution in [0.1, 0.15) is 39.3 Å². The van der Waals surface area contributed by atoms with Crippen LogP contribution in [0.25, 0.3) is 0 Å². The number of halogens is 1. The normalized spacial score (nSPS) is 22.6. The minimum Gasteiger partial charge on any atom is -0.462 e. The monoisotopic (exact) mass is 392 g/mol. The summed E-state index contributed by atoms with van der Waals surface area (Å²) in [6.45, 7) is 7.88. The van der Waals surface area contributed by atoms with E-state index in [1.165, 1.54) is 11.8 Å². The van der Waals surface area contributed by atoms with Gasteiger partial charge in [-0.3, -0.25) is 9.69 Å². The van der Waals surface area contributed by atoms with Crippen molar-refractivity contribution in [2.75, 3.05) is 6.61 Å². The predicted octanol–water partition coefficient (Wildman–Crippen LogP) is 4.19. The van der Waals surface area contributed by atoms with Crippen LogP contribution in [0.2, 0.25) is 5.02 Å². The predicted molar refractivity (Wildman–Crippen MR) is 104 cm³/mol. The van der Waals surface area contributed by atoms with Crippen molar-refractivity contribution in [3.8, 4) is 0 Å². The molecule has 138 valence electrons. The molecule has 1 fully saturated rings. The molecule has 0 aliphatic carbocycles. The molecule has 2 aliphatic rings. The zero-order valence-electron chi connectivity index (χ0n) is 15.2. The summed E-state index contributed by atoms with van der Waals surface area (Å²) in [6, 6.07) is 6.64. The maximum atomic E-state index is 12.8. The summed E-state index contributed by atoms with van der Waals surface area (Å²) in [5.74, 6) is -0.294. The van der Waals surface area contributed by atoms with E-state index in [9.17, 15) is 9.59 Å². The molecular formula is C19H21ClN2O3S. The van der Waals surface area contributed by atoms with E-state index in [2.05, 4.69) is 4.99 Å². The summed E-state index contributed by atoms with van der Waals surface area (Å²) in [7, 11) is 0. The Morgan fingerprint density at radius 1 is 1.42 bits per heavy atom. The molecule has 1 aromatic rings. The summed E-state index contributed by atoms with van der Waals surface area (Å²) < 4.78 is 5.46. The third kappa shape index (κ3) is 3.53. The van der Waals surface area contributed by atoms with Crippen molar-refractivity contribution in [3.05, 3.63) is 46.1 Å². The molecule has 2 atom stereocenters. The van der Waals surface area contributed by atoms with Gasteiger partial charge >= 0.3 is 5.97 Å². The Kier molecular flexibility index (Phi) is 5.44. The summed E-state index contributed by atoms with van der Waals surface area (Å²) in [5, 5.41) is 0.922. The SMILES string of the molecule is CC1=C(C(=O)OCC(C)C)[C@H](c2cccc(Cl)c2)N2C(=O)[C@@H](C)SC2=N1. The number of amides is 1. The van der Waals surface area contributed by atoms with E-state index in [0.29, 0.717) is 28.1 Å². The first kappa shape index (κ1) is 19.0. The van der Waals surface area contributed by atoms with Crippen molar-refractivity contribution in [1.29, 1.82) is 0 Å². The van der Waals surface area contributed by atoms with Crippen molar-refractivity contribution < 1.29 is 14.3 Å². The average Bonchev–Trinajstić information content (AvgIpc) is 2.85. The number of aliphatic imine (C=N–C) groups is 1. The minimum atomic E-state index is -0.578. The lowest BCUT2D eigenvalue weighted by Gasteiger charge is -2.33. The number of amidine groups is 1. The summed E-state index contributed by atoms with van der Waals surface area (Å²) >= 11 is 7.57. The van der Waals surface area contributed by atoms with Gasteiger partial charge in [0.1, 0.15) is 0 Å². The molecule has 0 aromatic heterocycles. The Morgan fingerprint density at radius 2 is 2.15 bits per heavy atom. The number of allylic oxidation sites excluding steroid dienone is 1. The number of hydrogen-bond donors (Lipinski definition) is 0. The quantitative estimate of drug-likeness (QED) is 0.721. The number of ether oxygens (including phenoxy) is 1. The van der Waals surface area contributed by atoms with E-state index in [0.717, 1.165) is 5.56 Å². The van der Waals surface area contributed by atoms with Crippen LogP contribution in [0.15, 0.2) is 40.5 Å². The van der Waals surface area contributed by atoms with Gasteiger partial charge in [-0.1, -0.05) is 49.3 Å². The molecule has 7 heteroatoms. The molecule has 1 saturated heterocycles. The Hall–Kier alpha value is -1.79. The highest BCUT2D eigenvalue weighted by Gasteiger charge is 2.46. The van der Waals surface area contributed by atoms with Crippen LogP contribution in [0.3, 0.4) is 0 Å². The number of rotatable bonds is 4. The fourth-order valence-electron chi connectivity index (χ4n) is 2.98. The molecule has 1 aromatic carbocycles. The van der Waals surface area contributed by atoms with Crippen molar-refractivity contribution in [1.82, 2.24) is 4.90 Å². The van der Waals surface area contributed by atoms with Crippen LogP contribution < -0.4 is 0 Å². The molecular weight excluding hydrogens is 372 g/mol. The maximum Gasteiger partial charge on any atom is 0.338 e. The molecule has 0 spiro atoms. The van der Waals surface area contributed by atoms with E-state index in [1.807, 2.05) is 32.9 Å². The second kappa shape index (κ2) is 7.45. The summed E-state index contributed by atoms with van der Waals surface area (Å²) in [5.41, 5.74) is 1.73. The number of hydrogen-bond acceptors (Lipinski definition) is 5. The first-order valence-corrected chi connectivity index (χ1v) is 9.77. The molecule has 5 nitrogen and oxygen atoms in total. The molecule has 26 heavy (non-hydrogen) atoms. The number of benzene rings is 1. The van der Waals surface area contributed by atoms with Crippen molar-refractivity contribution in [2.45, 2.75) is 39.0 Å². The molecule has 0 unspecified atom stereocenters. The molecule has 1 amide bonds. The number of nitrogens with zero attached hydrogens (tertiary/aromatic N) is 2. The fraction of sp³-hybridized carbons (Fsp3) is 0.421. The van der Waals surface area contributed by atoms with Crippen molar-refractivity contribution in [3.63, 3.8) is 0 Å². The van der Waals surface area contributed by atoms with E-state index in [-0.39, 0.29) is 17.1 Å². The first-order valence-electron chi connectivity index (χ1n) is 8.51. The van der Waals surface area contributed by atoms with E-state index in [4.69, 9.17) is 16.3 Å². The third-order valence-corrected chi connectivity index (χ3v) is 5.48. The van der Waals surface area contributed by atoms with Crippen LogP contribution in [0, 0.1) is 5.92 Å². The van der Waals surface area contributed by atoms with Crippen LogP contribution in [-0.2, 0) is 14.3 Å². The molecule has 0 N–H and O–H groups in total. The Balaban J connectivity index is 2.08. The first-order chi connectivity index (χ1) is 12.3. The molecule has 0 radical (unpaired) electrons. The molecule has 2 aliphatic heterocycles. The van der Waals surface area contributed by atoms with Gasteiger partial charge in [-0.15, -0.1) is 0 Å². The Morgan fingerprint density at radius 3 is 2.81 bits per heavy atom. The van der Waals surface area contributed by atoms with Gasteiger partial charge in [-0.05, 0) is 37.5 Å². The van der Waals surface area contributed by atoms with E-state index >= 15 is 0 Å². The second-order valence-corrected chi connectivity index (χ2v) is 8.56. The number of carbonyl (C=O) groups excluding carboxylic acids is 2. The highest BCUT2D eigenvalue weighted by Crippen LogP contribution is 2.43. The Bertz CT molecular complexity index is 819. The van der Waals surface area contributed by atoms with Crippen molar-refractivity contribution >= 4 is 40.4 Å². The molecule has 3 rings (SSSR count). The van der Waals surface area contributed by atoms with Gasteiger partial charge < -0.3 is 4.74 Å². The van der Waals surface area contributed by atoms with Crippen LogP contribution in [0.4, 0.5) is 0 Å². The number of carbonyl (C=O) groups is 2. The van der Waals surface area contributed by atoms with Crippen LogP contribution >= 0.6 is 23.4 Å². The average molecular weight is 393 g/mol.